The Morgan fingerprint density at radius 2 is 1.87 bits per heavy atom. The molecule has 0 aromatic heterocycles. The first-order valence-electron chi connectivity index (χ1n) is 11.7. The first-order chi connectivity index (χ1) is 14.6. The van der Waals surface area contributed by atoms with Crippen LogP contribution < -0.4 is 15.1 Å². The van der Waals surface area contributed by atoms with Crippen LogP contribution >= 0.6 is 0 Å². The molecule has 2 aliphatic heterocycles. The molecule has 30 heavy (non-hydrogen) atoms. The SMILES string of the molecule is CN1C(=O)[C@H]2CCCCN2c2ccc(C(=O)NCCCN(C)C3CCCCC3)cc21. The normalized spacial score (nSPS) is 22.1. The number of nitrogens with one attached hydrogen (secondary N) is 1. The van der Waals surface area contributed by atoms with E-state index in [-0.39, 0.29) is 17.9 Å². The van der Waals surface area contributed by atoms with E-state index in [0.717, 1.165) is 50.1 Å². The average Bonchev–Trinajstić information content (AvgIpc) is 2.80. The Morgan fingerprint density at radius 3 is 2.67 bits per heavy atom. The summed E-state index contributed by atoms with van der Waals surface area (Å²) in [5.41, 5.74) is 2.56. The minimum atomic E-state index is -0.0558. The van der Waals surface area contributed by atoms with Gasteiger partial charge in [-0.15, -0.1) is 0 Å². The van der Waals surface area contributed by atoms with Gasteiger partial charge in [0.25, 0.3) is 5.91 Å². The molecule has 0 bridgehead atoms. The molecule has 3 aliphatic rings. The number of hydrogen-bond acceptors (Lipinski definition) is 4. The summed E-state index contributed by atoms with van der Waals surface area (Å²) in [6.07, 6.45) is 10.8. The molecule has 1 saturated heterocycles. The molecule has 2 heterocycles. The molecule has 1 atom stereocenters. The van der Waals surface area contributed by atoms with Crippen LogP contribution in [0.4, 0.5) is 11.4 Å². The third kappa shape index (κ3) is 4.34. The maximum absolute atomic E-state index is 12.8. The molecule has 164 valence electrons. The lowest BCUT2D eigenvalue weighted by Crippen LogP contribution is -2.54. The van der Waals surface area contributed by atoms with Crippen molar-refractivity contribution < 1.29 is 9.59 Å². The molecule has 2 fully saturated rings. The van der Waals surface area contributed by atoms with Crippen LogP contribution in [0.25, 0.3) is 0 Å². The van der Waals surface area contributed by atoms with Crippen LogP contribution in [-0.2, 0) is 4.79 Å². The van der Waals surface area contributed by atoms with Crippen LogP contribution in [0.2, 0.25) is 0 Å². The van der Waals surface area contributed by atoms with Crippen molar-refractivity contribution in [3.05, 3.63) is 23.8 Å². The largest absolute Gasteiger partial charge is 0.358 e. The summed E-state index contributed by atoms with van der Waals surface area (Å²) >= 11 is 0. The zero-order valence-corrected chi connectivity index (χ0v) is 18.5. The van der Waals surface area contributed by atoms with E-state index in [1.54, 1.807) is 4.90 Å². The van der Waals surface area contributed by atoms with Crippen molar-refractivity contribution in [2.45, 2.75) is 69.9 Å². The van der Waals surface area contributed by atoms with E-state index < -0.39 is 0 Å². The number of hydrogen-bond donors (Lipinski definition) is 1. The summed E-state index contributed by atoms with van der Waals surface area (Å²) in [5, 5.41) is 3.06. The molecule has 0 spiro atoms. The van der Waals surface area contributed by atoms with Crippen LogP contribution in [-0.4, -0.2) is 62.5 Å². The summed E-state index contributed by atoms with van der Waals surface area (Å²) in [6, 6.07) is 6.46. The topological polar surface area (TPSA) is 55.9 Å². The van der Waals surface area contributed by atoms with Gasteiger partial charge in [-0.1, -0.05) is 19.3 Å². The molecular weight excluding hydrogens is 376 g/mol. The molecule has 1 N–H and O–H groups in total. The van der Waals surface area contributed by atoms with Gasteiger partial charge in [-0.2, -0.15) is 0 Å². The van der Waals surface area contributed by atoms with Crippen molar-refractivity contribution in [1.82, 2.24) is 10.2 Å². The van der Waals surface area contributed by atoms with Gasteiger partial charge in [0.1, 0.15) is 6.04 Å². The van der Waals surface area contributed by atoms with Crippen molar-refractivity contribution >= 4 is 23.2 Å². The van der Waals surface area contributed by atoms with Crippen molar-refractivity contribution in [2.75, 3.05) is 43.5 Å². The predicted molar refractivity (Wildman–Crippen MR) is 121 cm³/mol. The number of benzene rings is 1. The molecule has 4 rings (SSSR count). The number of nitrogens with zero attached hydrogens (tertiary/aromatic N) is 3. The monoisotopic (exact) mass is 412 g/mol. The number of likely N-dealkylation sites (N-methyl/N-ethyl adjacent to an activating group) is 1. The Hall–Kier alpha value is -2.08. The summed E-state index contributed by atoms with van der Waals surface area (Å²) < 4.78 is 0. The highest BCUT2D eigenvalue weighted by Crippen LogP contribution is 2.39. The van der Waals surface area contributed by atoms with Gasteiger partial charge in [-0.25, -0.2) is 0 Å². The van der Waals surface area contributed by atoms with Gasteiger partial charge in [0, 0.05) is 31.7 Å². The fourth-order valence-corrected chi connectivity index (χ4v) is 5.33. The number of fused-ring (bicyclic) bond motifs is 3. The predicted octanol–water partition coefficient (Wildman–Crippen LogP) is 3.41. The fraction of sp³-hybridized carbons (Fsp3) is 0.667. The van der Waals surface area contributed by atoms with Gasteiger partial charge < -0.3 is 20.0 Å². The minimum Gasteiger partial charge on any atom is -0.358 e. The highest BCUT2D eigenvalue weighted by Gasteiger charge is 2.38. The van der Waals surface area contributed by atoms with E-state index in [1.165, 1.54) is 32.1 Å². The van der Waals surface area contributed by atoms with Gasteiger partial charge in [0.15, 0.2) is 0 Å². The Bertz CT molecular complexity index is 774. The quantitative estimate of drug-likeness (QED) is 0.728. The van der Waals surface area contributed by atoms with Gasteiger partial charge in [-0.3, -0.25) is 9.59 Å². The Morgan fingerprint density at radius 1 is 1.10 bits per heavy atom. The smallest absolute Gasteiger partial charge is 0.251 e. The van der Waals surface area contributed by atoms with E-state index in [0.29, 0.717) is 18.2 Å². The molecule has 1 aromatic carbocycles. The number of anilines is 2. The van der Waals surface area contributed by atoms with E-state index in [2.05, 4.69) is 22.2 Å². The molecule has 0 unspecified atom stereocenters. The first kappa shape index (κ1) is 21.2. The number of carbonyl (C=O) groups is 2. The second-order valence-corrected chi connectivity index (χ2v) is 9.19. The molecule has 6 nitrogen and oxygen atoms in total. The molecule has 0 radical (unpaired) electrons. The minimum absolute atomic E-state index is 0.0444. The average molecular weight is 413 g/mol. The molecule has 1 aromatic rings. The second-order valence-electron chi connectivity index (χ2n) is 9.19. The first-order valence-corrected chi connectivity index (χ1v) is 11.7. The van der Waals surface area contributed by atoms with E-state index >= 15 is 0 Å². The Kier molecular flexibility index (Phi) is 6.61. The molecular formula is C24H36N4O2. The van der Waals surface area contributed by atoms with Crippen LogP contribution in [0.1, 0.15) is 68.1 Å². The number of amides is 2. The maximum atomic E-state index is 12.8. The molecule has 2 amide bonds. The second kappa shape index (κ2) is 9.38. The van der Waals surface area contributed by atoms with Crippen molar-refractivity contribution in [1.29, 1.82) is 0 Å². The van der Waals surface area contributed by atoms with Gasteiger partial charge >= 0.3 is 0 Å². The van der Waals surface area contributed by atoms with Crippen molar-refractivity contribution in [3.63, 3.8) is 0 Å². The van der Waals surface area contributed by atoms with E-state index in [4.69, 9.17) is 0 Å². The lowest BCUT2D eigenvalue weighted by molar-refractivity contribution is -0.120. The standard InChI is InChI=1S/C24H36N4O2/c1-26(19-9-4-3-5-10-19)15-8-14-25-23(29)18-12-13-20-22(17-18)27(2)24(30)21-11-6-7-16-28(20)21/h12-13,17,19,21H,3-11,14-16H2,1-2H3,(H,25,29)/t21-/m1/s1. The highest BCUT2D eigenvalue weighted by atomic mass is 16.2. The summed E-state index contributed by atoms with van der Waals surface area (Å²) in [4.78, 5) is 31.9. The molecule has 6 heteroatoms. The van der Waals surface area contributed by atoms with Crippen LogP contribution in [0.5, 0.6) is 0 Å². The summed E-state index contributed by atoms with van der Waals surface area (Å²) in [5.74, 6) is 0.0882. The third-order valence-electron chi connectivity index (χ3n) is 7.20. The van der Waals surface area contributed by atoms with E-state index in [9.17, 15) is 9.59 Å². The Labute approximate surface area is 180 Å². The lowest BCUT2D eigenvalue weighted by atomic mass is 9.94. The summed E-state index contributed by atoms with van der Waals surface area (Å²) in [6.45, 7) is 2.61. The Balaban J connectivity index is 1.33. The van der Waals surface area contributed by atoms with Crippen LogP contribution in [0, 0.1) is 0 Å². The fourth-order valence-electron chi connectivity index (χ4n) is 5.33. The maximum Gasteiger partial charge on any atom is 0.251 e. The zero-order valence-electron chi connectivity index (χ0n) is 18.5. The number of carbonyl (C=O) groups excluding carboxylic acids is 2. The number of piperidine rings is 1. The molecule has 1 saturated carbocycles. The van der Waals surface area contributed by atoms with Gasteiger partial charge in [0.05, 0.1) is 11.4 Å². The van der Waals surface area contributed by atoms with Crippen molar-refractivity contribution in [2.24, 2.45) is 0 Å². The van der Waals surface area contributed by atoms with Gasteiger partial charge in [0.2, 0.25) is 5.91 Å². The lowest BCUT2D eigenvalue weighted by Gasteiger charge is -2.44. The highest BCUT2D eigenvalue weighted by molar-refractivity contribution is 6.07. The third-order valence-corrected chi connectivity index (χ3v) is 7.20. The van der Waals surface area contributed by atoms with Crippen LogP contribution in [0.15, 0.2) is 18.2 Å². The zero-order chi connectivity index (χ0) is 21.1. The summed E-state index contributed by atoms with van der Waals surface area (Å²) in [7, 11) is 4.04. The van der Waals surface area contributed by atoms with Crippen LogP contribution in [0.3, 0.4) is 0 Å². The molecule has 1 aliphatic carbocycles. The number of rotatable bonds is 6. The van der Waals surface area contributed by atoms with E-state index in [1.807, 2.05) is 25.2 Å². The van der Waals surface area contributed by atoms with Gasteiger partial charge in [-0.05, 0) is 70.3 Å². The van der Waals surface area contributed by atoms with Crippen molar-refractivity contribution in [3.8, 4) is 0 Å².